The van der Waals surface area contributed by atoms with E-state index in [2.05, 4.69) is 10.2 Å². The zero-order chi connectivity index (χ0) is 8.55. The Balaban J connectivity index is 2.83. The molecular weight excluding hydrogens is 152 g/mol. The summed E-state index contributed by atoms with van der Waals surface area (Å²) in [7, 11) is 0. The average Bonchev–Trinajstić information content (AvgIpc) is 2.49. The Hall–Kier alpha value is -1.51. The number of hydrogen-bond acceptors (Lipinski definition) is 2. The number of fused-ring (bicyclic) bond motifs is 1. The van der Waals surface area contributed by atoms with E-state index in [0.29, 0.717) is 5.75 Å². The molecule has 0 fully saturated rings. The zero-order valence-electron chi connectivity index (χ0n) is 6.83. The molecule has 0 saturated carbocycles. The number of phenolic OH excluding ortho intramolecular Hbond substituents is 1. The van der Waals surface area contributed by atoms with E-state index in [1.165, 1.54) is 0 Å². The fourth-order valence-electron chi connectivity index (χ4n) is 1.37. The molecular formula is C9H10N2O. The van der Waals surface area contributed by atoms with E-state index >= 15 is 0 Å². The number of rotatable bonds is 1. The number of aromatic amines is 1. The van der Waals surface area contributed by atoms with Crippen molar-refractivity contribution < 1.29 is 5.11 Å². The number of aromatic nitrogens is 2. The first-order valence-corrected chi connectivity index (χ1v) is 3.98. The van der Waals surface area contributed by atoms with Gasteiger partial charge in [0.1, 0.15) is 5.75 Å². The first-order chi connectivity index (χ1) is 5.83. The lowest BCUT2D eigenvalue weighted by atomic mass is 10.1. The molecule has 2 rings (SSSR count). The molecule has 12 heavy (non-hydrogen) atoms. The van der Waals surface area contributed by atoms with Crippen molar-refractivity contribution in [2.45, 2.75) is 13.3 Å². The van der Waals surface area contributed by atoms with E-state index in [1.54, 1.807) is 12.1 Å². The maximum atomic E-state index is 9.51. The molecule has 0 saturated heterocycles. The summed E-state index contributed by atoms with van der Waals surface area (Å²) in [6.45, 7) is 2.03. The molecule has 0 aliphatic heterocycles. The predicted octanol–water partition coefficient (Wildman–Crippen LogP) is 1.83. The Bertz CT molecular complexity index is 406. The van der Waals surface area contributed by atoms with Crippen LogP contribution in [-0.2, 0) is 6.42 Å². The maximum Gasteiger partial charge on any atom is 0.126 e. The van der Waals surface area contributed by atoms with Crippen molar-refractivity contribution in [2.24, 2.45) is 0 Å². The number of H-pyrrole nitrogens is 1. The van der Waals surface area contributed by atoms with Crippen LogP contribution in [0, 0.1) is 0 Å². The summed E-state index contributed by atoms with van der Waals surface area (Å²) in [5, 5.41) is 17.3. The fourth-order valence-corrected chi connectivity index (χ4v) is 1.37. The van der Waals surface area contributed by atoms with Crippen molar-refractivity contribution in [3.05, 3.63) is 23.9 Å². The molecule has 62 valence electrons. The van der Waals surface area contributed by atoms with Crippen LogP contribution in [0.5, 0.6) is 5.75 Å². The second-order valence-corrected chi connectivity index (χ2v) is 2.73. The van der Waals surface area contributed by atoms with Gasteiger partial charge in [-0.1, -0.05) is 13.0 Å². The maximum absolute atomic E-state index is 9.51. The molecule has 0 atom stereocenters. The Morgan fingerprint density at radius 1 is 1.50 bits per heavy atom. The van der Waals surface area contributed by atoms with Gasteiger partial charge in [0.2, 0.25) is 0 Å². The molecule has 2 aromatic rings. The second-order valence-electron chi connectivity index (χ2n) is 2.73. The van der Waals surface area contributed by atoms with Gasteiger partial charge in [0.05, 0.1) is 10.9 Å². The predicted molar refractivity (Wildman–Crippen MR) is 47.1 cm³/mol. The van der Waals surface area contributed by atoms with Crippen LogP contribution in [-0.4, -0.2) is 15.3 Å². The van der Waals surface area contributed by atoms with E-state index in [1.807, 2.05) is 13.0 Å². The molecule has 1 aromatic heterocycles. The molecule has 0 bridgehead atoms. The van der Waals surface area contributed by atoms with E-state index < -0.39 is 0 Å². The van der Waals surface area contributed by atoms with Crippen LogP contribution in [0.15, 0.2) is 18.2 Å². The fraction of sp³-hybridized carbons (Fsp3) is 0.222. The van der Waals surface area contributed by atoms with Gasteiger partial charge in [-0.25, -0.2) is 0 Å². The Morgan fingerprint density at radius 2 is 2.33 bits per heavy atom. The van der Waals surface area contributed by atoms with Crippen molar-refractivity contribution in [1.82, 2.24) is 10.2 Å². The summed E-state index contributed by atoms with van der Waals surface area (Å²) < 4.78 is 0. The smallest absolute Gasteiger partial charge is 0.126 e. The SMILES string of the molecule is CCc1[nH]nc2cccc(O)c12. The normalized spacial score (nSPS) is 10.8. The monoisotopic (exact) mass is 162 g/mol. The molecule has 1 aromatic carbocycles. The third kappa shape index (κ3) is 0.863. The highest BCUT2D eigenvalue weighted by Gasteiger charge is 2.06. The topological polar surface area (TPSA) is 48.9 Å². The van der Waals surface area contributed by atoms with Crippen LogP contribution in [0.1, 0.15) is 12.6 Å². The quantitative estimate of drug-likeness (QED) is 0.672. The standard InChI is InChI=1S/C9H10N2O/c1-2-6-9-7(11-10-6)4-3-5-8(9)12/h3-5,12H,2H2,1H3,(H,10,11). The van der Waals surface area contributed by atoms with Crippen LogP contribution >= 0.6 is 0 Å². The highest BCUT2D eigenvalue weighted by Crippen LogP contribution is 2.25. The first-order valence-electron chi connectivity index (χ1n) is 3.98. The number of nitrogens with one attached hydrogen (secondary N) is 1. The third-order valence-corrected chi connectivity index (χ3v) is 1.99. The molecule has 0 aliphatic rings. The van der Waals surface area contributed by atoms with Gasteiger partial charge in [0.25, 0.3) is 0 Å². The Kier molecular flexibility index (Phi) is 1.50. The molecule has 0 spiro atoms. The lowest BCUT2D eigenvalue weighted by molar-refractivity contribution is 0.481. The minimum Gasteiger partial charge on any atom is -0.507 e. The number of aryl methyl sites for hydroxylation is 1. The molecule has 0 amide bonds. The molecule has 0 radical (unpaired) electrons. The molecule has 0 unspecified atom stereocenters. The zero-order valence-corrected chi connectivity index (χ0v) is 6.83. The van der Waals surface area contributed by atoms with Gasteiger partial charge in [-0.3, -0.25) is 5.10 Å². The summed E-state index contributed by atoms with van der Waals surface area (Å²) in [6.07, 6.45) is 0.855. The number of benzene rings is 1. The van der Waals surface area contributed by atoms with E-state index in [4.69, 9.17) is 0 Å². The van der Waals surface area contributed by atoms with Crippen LogP contribution in [0.2, 0.25) is 0 Å². The van der Waals surface area contributed by atoms with E-state index in [9.17, 15) is 5.11 Å². The molecule has 1 heterocycles. The van der Waals surface area contributed by atoms with E-state index in [-0.39, 0.29) is 0 Å². The number of hydrogen-bond donors (Lipinski definition) is 2. The Morgan fingerprint density at radius 3 is 3.08 bits per heavy atom. The molecule has 2 N–H and O–H groups in total. The van der Waals surface area contributed by atoms with Gasteiger partial charge < -0.3 is 5.11 Å². The highest BCUT2D eigenvalue weighted by molar-refractivity contribution is 5.87. The third-order valence-electron chi connectivity index (χ3n) is 1.99. The number of phenols is 1. The summed E-state index contributed by atoms with van der Waals surface area (Å²) in [5.74, 6) is 0.304. The van der Waals surface area contributed by atoms with Crippen molar-refractivity contribution in [3.8, 4) is 5.75 Å². The van der Waals surface area contributed by atoms with Crippen LogP contribution in [0.25, 0.3) is 10.9 Å². The summed E-state index contributed by atoms with van der Waals surface area (Å²) >= 11 is 0. The van der Waals surface area contributed by atoms with Crippen molar-refractivity contribution in [1.29, 1.82) is 0 Å². The van der Waals surface area contributed by atoms with Gasteiger partial charge in [-0.2, -0.15) is 5.10 Å². The summed E-state index contributed by atoms with van der Waals surface area (Å²) in [4.78, 5) is 0. The minimum atomic E-state index is 0.304. The number of aromatic hydroxyl groups is 1. The lowest BCUT2D eigenvalue weighted by Gasteiger charge is -1.94. The Labute approximate surface area is 70.0 Å². The van der Waals surface area contributed by atoms with Crippen LogP contribution < -0.4 is 0 Å². The molecule has 3 nitrogen and oxygen atoms in total. The van der Waals surface area contributed by atoms with Crippen LogP contribution in [0.4, 0.5) is 0 Å². The molecule has 3 heteroatoms. The lowest BCUT2D eigenvalue weighted by Crippen LogP contribution is -1.79. The van der Waals surface area contributed by atoms with Gasteiger partial charge in [-0.05, 0) is 18.6 Å². The van der Waals surface area contributed by atoms with Crippen molar-refractivity contribution >= 4 is 10.9 Å². The second kappa shape index (κ2) is 2.52. The van der Waals surface area contributed by atoms with Gasteiger partial charge in [0, 0.05) is 5.69 Å². The van der Waals surface area contributed by atoms with Gasteiger partial charge in [-0.15, -0.1) is 0 Å². The highest BCUT2D eigenvalue weighted by atomic mass is 16.3. The largest absolute Gasteiger partial charge is 0.507 e. The van der Waals surface area contributed by atoms with Gasteiger partial charge >= 0.3 is 0 Å². The average molecular weight is 162 g/mol. The van der Waals surface area contributed by atoms with Gasteiger partial charge in [0.15, 0.2) is 0 Å². The first kappa shape index (κ1) is 7.16. The van der Waals surface area contributed by atoms with E-state index in [0.717, 1.165) is 23.0 Å². The summed E-state index contributed by atoms with van der Waals surface area (Å²) in [5.41, 5.74) is 1.81. The van der Waals surface area contributed by atoms with Crippen molar-refractivity contribution in [2.75, 3.05) is 0 Å². The van der Waals surface area contributed by atoms with Crippen molar-refractivity contribution in [3.63, 3.8) is 0 Å². The summed E-state index contributed by atoms with van der Waals surface area (Å²) in [6, 6.07) is 5.35. The minimum absolute atomic E-state index is 0.304. The molecule has 0 aliphatic carbocycles. The number of nitrogens with zero attached hydrogens (tertiary/aromatic N) is 1. The van der Waals surface area contributed by atoms with Crippen LogP contribution in [0.3, 0.4) is 0 Å².